The Hall–Kier alpha value is -5.69. The first-order valence-corrected chi connectivity index (χ1v) is 15.6. The van der Waals surface area contributed by atoms with Crippen molar-refractivity contribution >= 4 is 46.4 Å². The molecule has 1 unspecified atom stereocenters. The fourth-order valence-corrected chi connectivity index (χ4v) is 6.67. The number of rotatable bonds is 11. The molecule has 3 aromatic carbocycles. The second-order valence-corrected chi connectivity index (χ2v) is 11.3. The van der Waals surface area contributed by atoms with E-state index in [0.29, 0.717) is 39.8 Å². The number of fused-ring (bicyclic) bond motifs is 1. The van der Waals surface area contributed by atoms with Gasteiger partial charge in [-0.2, -0.15) is 0 Å². The van der Waals surface area contributed by atoms with Crippen molar-refractivity contribution in [1.82, 2.24) is 4.57 Å². The van der Waals surface area contributed by atoms with Gasteiger partial charge < -0.3 is 39.5 Å². The zero-order chi connectivity index (χ0) is 34.5. The van der Waals surface area contributed by atoms with Gasteiger partial charge in [0.25, 0.3) is 11.5 Å². The molecule has 0 saturated carbocycles. The number of benzene rings is 3. The number of carbonyl (C=O) groups excluding carboxylic acids is 2. The first-order valence-electron chi connectivity index (χ1n) is 14.7. The molecule has 48 heavy (non-hydrogen) atoms. The molecule has 3 N–H and O–H groups in total. The third-order valence-corrected chi connectivity index (χ3v) is 8.79. The molecule has 0 radical (unpaired) electrons. The fourth-order valence-electron chi connectivity index (χ4n) is 5.49. The van der Waals surface area contributed by atoms with Crippen LogP contribution in [0.25, 0.3) is 17.5 Å². The van der Waals surface area contributed by atoms with Crippen LogP contribution in [0.15, 0.2) is 71.0 Å². The quantitative estimate of drug-likeness (QED) is 0.228. The third-order valence-electron chi connectivity index (χ3n) is 7.69. The predicted octanol–water partition coefficient (Wildman–Crippen LogP) is 3.06. The fraction of sp³-hybridized carbons (Fsp3) is 0.229. The summed E-state index contributed by atoms with van der Waals surface area (Å²) >= 11 is 1.05. The van der Waals surface area contributed by atoms with E-state index in [-0.39, 0.29) is 38.5 Å². The number of ether oxygens (including phenoxy) is 6. The molecule has 1 amide bonds. The standard InChI is InChI=1S/C35H35N3O9S/c1-7-47-35(41)28-27(22-9-8-10-24(44-4)30(22)46-6)29(32(39)37-20-12-14-21(42-2)15-13-20)34-38(31(28)36)33(40)26(48-34)18-19-11-16-23(43-3)25(17-19)45-5/h8-18,27H,7,36H2,1-6H3,(H,37,39)/b26-18-. The summed E-state index contributed by atoms with van der Waals surface area (Å²) in [7, 11) is 7.51. The Kier molecular flexibility index (Phi) is 10.1. The number of esters is 1. The Morgan fingerprint density at radius 3 is 2.21 bits per heavy atom. The molecule has 250 valence electrons. The molecule has 1 aliphatic heterocycles. The van der Waals surface area contributed by atoms with Crippen LogP contribution >= 0.6 is 11.3 Å². The molecule has 0 spiro atoms. The van der Waals surface area contributed by atoms with Gasteiger partial charge in [-0.05, 0) is 61.0 Å². The Labute approximate surface area is 280 Å². The highest BCUT2D eigenvalue weighted by Gasteiger charge is 2.41. The van der Waals surface area contributed by atoms with Crippen LogP contribution in [0.1, 0.15) is 24.0 Å². The Bertz CT molecular complexity index is 2080. The average molecular weight is 674 g/mol. The number of thiazole rings is 1. The summed E-state index contributed by atoms with van der Waals surface area (Å²) in [6, 6.07) is 17.0. The lowest BCUT2D eigenvalue weighted by molar-refractivity contribution is -0.138. The van der Waals surface area contributed by atoms with Gasteiger partial charge in [0.1, 0.15) is 16.2 Å². The number of carbonyl (C=O) groups is 2. The van der Waals surface area contributed by atoms with E-state index in [2.05, 4.69) is 5.32 Å². The number of hydrogen-bond donors (Lipinski definition) is 2. The van der Waals surface area contributed by atoms with Gasteiger partial charge in [0.2, 0.25) is 0 Å². The van der Waals surface area contributed by atoms with Gasteiger partial charge >= 0.3 is 5.97 Å². The number of hydrogen-bond acceptors (Lipinski definition) is 11. The number of nitrogens with one attached hydrogen (secondary N) is 1. The largest absolute Gasteiger partial charge is 0.497 e. The van der Waals surface area contributed by atoms with Gasteiger partial charge in [0, 0.05) is 11.3 Å². The van der Waals surface area contributed by atoms with Crippen molar-refractivity contribution < 1.29 is 38.0 Å². The van der Waals surface area contributed by atoms with Crippen LogP contribution in [-0.4, -0.2) is 58.6 Å². The van der Waals surface area contributed by atoms with Crippen molar-refractivity contribution in [3.8, 4) is 28.7 Å². The van der Waals surface area contributed by atoms with Crippen molar-refractivity contribution in [2.75, 3.05) is 47.5 Å². The highest BCUT2D eigenvalue weighted by atomic mass is 32.1. The first kappa shape index (κ1) is 33.7. The predicted molar refractivity (Wildman–Crippen MR) is 182 cm³/mol. The molecule has 2 heterocycles. The van der Waals surface area contributed by atoms with E-state index < -0.39 is 23.4 Å². The molecule has 1 aliphatic rings. The van der Waals surface area contributed by atoms with Gasteiger partial charge in [-0.1, -0.05) is 18.2 Å². The van der Waals surface area contributed by atoms with Gasteiger partial charge in [-0.25, -0.2) is 4.79 Å². The van der Waals surface area contributed by atoms with Crippen molar-refractivity contribution in [2.24, 2.45) is 5.73 Å². The molecule has 13 heteroatoms. The summed E-state index contributed by atoms with van der Waals surface area (Å²) in [6.45, 7) is 1.67. The molecule has 4 aromatic rings. The molecule has 1 aromatic heterocycles. The topological polar surface area (TPSA) is 150 Å². The molecule has 0 saturated heterocycles. The van der Waals surface area contributed by atoms with Crippen LogP contribution in [0, 0.1) is 0 Å². The second kappa shape index (κ2) is 14.4. The number of nitrogens with two attached hydrogens (primary N) is 1. The lowest BCUT2D eigenvalue weighted by Gasteiger charge is -2.29. The third kappa shape index (κ3) is 6.19. The zero-order valence-electron chi connectivity index (χ0n) is 27.2. The first-order chi connectivity index (χ1) is 23.2. The smallest absolute Gasteiger partial charge is 0.338 e. The van der Waals surface area contributed by atoms with E-state index in [1.807, 2.05) is 0 Å². The minimum atomic E-state index is -1.13. The molecule has 12 nitrogen and oxygen atoms in total. The summed E-state index contributed by atoms with van der Waals surface area (Å²) in [5, 5.41) is 2.91. The van der Waals surface area contributed by atoms with Crippen molar-refractivity contribution in [2.45, 2.75) is 12.8 Å². The van der Waals surface area contributed by atoms with Crippen molar-refractivity contribution in [3.05, 3.63) is 96.9 Å². The summed E-state index contributed by atoms with van der Waals surface area (Å²) in [4.78, 5) is 42.3. The average Bonchev–Trinajstić information content (AvgIpc) is 3.42. The van der Waals surface area contributed by atoms with Crippen molar-refractivity contribution in [1.29, 1.82) is 0 Å². The van der Waals surface area contributed by atoms with Crippen LogP contribution in [0.5, 0.6) is 28.7 Å². The van der Waals surface area contributed by atoms with Gasteiger partial charge in [-0.15, -0.1) is 11.3 Å². The maximum absolute atomic E-state index is 14.5. The number of aromatic nitrogens is 1. The lowest BCUT2D eigenvalue weighted by Crippen LogP contribution is -2.42. The Morgan fingerprint density at radius 1 is 0.875 bits per heavy atom. The van der Waals surface area contributed by atoms with Crippen LogP contribution in [0.3, 0.4) is 0 Å². The molecule has 0 bridgehead atoms. The number of methoxy groups -OCH3 is 5. The molecule has 0 fully saturated rings. The van der Waals surface area contributed by atoms with E-state index in [1.54, 1.807) is 73.7 Å². The number of para-hydroxylation sites is 1. The minimum absolute atomic E-state index is 0.0225. The molecule has 1 atom stereocenters. The molecule has 0 aliphatic carbocycles. The van der Waals surface area contributed by atoms with E-state index >= 15 is 0 Å². The van der Waals surface area contributed by atoms with Gasteiger partial charge in [-0.3, -0.25) is 14.2 Å². The number of nitrogens with zero attached hydrogens (tertiary/aromatic N) is 1. The summed E-state index contributed by atoms with van der Waals surface area (Å²) in [6.07, 6.45) is 1.65. The monoisotopic (exact) mass is 673 g/mol. The SMILES string of the molecule is CCOC(=O)C1=C(N)n2c(s/c(=C\c3ccc(OC)c(OC)c3)c2=O)=C(C(=O)Nc2ccc(OC)cc2)C1c1cccc(OC)c1OC. The van der Waals surface area contributed by atoms with Gasteiger partial charge in [0.05, 0.1) is 63.8 Å². The van der Waals surface area contributed by atoms with Crippen LogP contribution in [0.2, 0.25) is 0 Å². The van der Waals surface area contributed by atoms with E-state index in [0.717, 1.165) is 11.3 Å². The summed E-state index contributed by atoms with van der Waals surface area (Å²) in [5.74, 6) is -0.461. The van der Waals surface area contributed by atoms with Crippen molar-refractivity contribution in [3.63, 3.8) is 0 Å². The van der Waals surface area contributed by atoms with Crippen LogP contribution in [-0.2, 0) is 14.3 Å². The van der Waals surface area contributed by atoms with Crippen LogP contribution in [0.4, 0.5) is 5.69 Å². The van der Waals surface area contributed by atoms with E-state index in [4.69, 9.17) is 34.2 Å². The number of amides is 1. The highest BCUT2D eigenvalue weighted by Crippen LogP contribution is 2.45. The molecular weight excluding hydrogens is 638 g/mol. The maximum atomic E-state index is 14.5. The minimum Gasteiger partial charge on any atom is -0.497 e. The Balaban J connectivity index is 1.86. The second-order valence-electron chi connectivity index (χ2n) is 10.3. The van der Waals surface area contributed by atoms with Gasteiger partial charge in [0.15, 0.2) is 23.0 Å². The highest BCUT2D eigenvalue weighted by molar-refractivity contribution is 7.07. The summed E-state index contributed by atoms with van der Waals surface area (Å²) in [5.41, 5.74) is 7.64. The summed E-state index contributed by atoms with van der Waals surface area (Å²) < 4.78 is 34.5. The lowest BCUT2D eigenvalue weighted by atomic mass is 9.82. The maximum Gasteiger partial charge on any atom is 0.338 e. The molecular formula is C35H35N3O9S. The van der Waals surface area contributed by atoms with Crippen LogP contribution < -0.4 is 49.5 Å². The Morgan fingerprint density at radius 2 is 1.58 bits per heavy atom. The number of anilines is 1. The van der Waals surface area contributed by atoms with E-state index in [1.165, 1.54) is 40.1 Å². The molecule has 5 rings (SSSR count). The normalized spacial score (nSPS) is 14.2. The van der Waals surface area contributed by atoms with E-state index in [9.17, 15) is 14.4 Å². The zero-order valence-corrected chi connectivity index (χ0v) is 28.1.